The van der Waals surface area contributed by atoms with Crippen LogP contribution in [0.1, 0.15) is 55.8 Å². The zero-order valence-electron chi connectivity index (χ0n) is 14.9. The number of rotatable bonds is 2. The number of hydrogen-bond acceptors (Lipinski definition) is 5. The van der Waals surface area contributed by atoms with Crippen molar-refractivity contribution < 1.29 is 0 Å². The summed E-state index contributed by atoms with van der Waals surface area (Å²) >= 11 is 6.66. The van der Waals surface area contributed by atoms with E-state index in [0.29, 0.717) is 5.02 Å². The molecule has 1 aromatic heterocycles. The molecule has 2 fully saturated rings. The largest absolute Gasteiger partial charge is 0.376 e. The summed E-state index contributed by atoms with van der Waals surface area (Å²) in [6, 6.07) is 4.42. The molecule has 7 heteroatoms. The highest BCUT2D eigenvalue weighted by atomic mass is 35.5. The molecule has 0 amide bonds. The van der Waals surface area contributed by atoms with Gasteiger partial charge >= 0.3 is 0 Å². The first-order chi connectivity index (χ1) is 12.7. The van der Waals surface area contributed by atoms with Gasteiger partial charge in [-0.15, -0.1) is 5.10 Å². The smallest absolute Gasteiger partial charge is 0.113 e. The number of benzene rings is 1. The van der Waals surface area contributed by atoms with Crippen LogP contribution in [0, 0.1) is 0 Å². The number of piperidine rings is 1. The molecular formula is C19H23ClN6. The Morgan fingerprint density at radius 2 is 2.15 bits per heavy atom. The molecule has 1 atom stereocenters. The van der Waals surface area contributed by atoms with Crippen molar-refractivity contribution in [3.8, 4) is 5.69 Å². The summed E-state index contributed by atoms with van der Waals surface area (Å²) in [4.78, 5) is 4.84. The van der Waals surface area contributed by atoms with Gasteiger partial charge in [0.25, 0.3) is 0 Å². The summed E-state index contributed by atoms with van der Waals surface area (Å²) in [7, 11) is 1.95. The Balaban J connectivity index is 1.51. The van der Waals surface area contributed by atoms with Gasteiger partial charge in [-0.1, -0.05) is 29.7 Å². The van der Waals surface area contributed by atoms with Gasteiger partial charge in [-0.3, -0.25) is 0 Å². The summed E-state index contributed by atoms with van der Waals surface area (Å²) in [5.41, 5.74) is 4.12. The quantitative estimate of drug-likeness (QED) is 0.850. The lowest BCUT2D eigenvalue weighted by Gasteiger charge is -2.40. The lowest BCUT2D eigenvalue weighted by atomic mass is 9.64. The van der Waals surface area contributed by atoms with Crippen LogP contribution in [-0.4, -0.2) is 34.4 Å². The maximum atomic E-state index is 6.66. The molecule has 0 radical (unpaired) electrons. The third-order valence-electron chi connectivity index (χ3n) is 6.14. The molecular weight excluding hydrogens is 348 g/mol. The number of nitrogens with zero attached hydrogens (tertiary/aromatic N) is 4. The Morgan fingerprint density at radius 1 is 1.27 bits per heavy atom. The molecule has 1 saturated heterocycles. The predicted octanol–water partition coefficient (Wildman–Crippen LogP) is 3.42. The topological polar surface area (TPSA) is 67.1 Å². The van der Waals surface area contributed by atoms with Gasteiger partial charge in [0.05, 0.1) is 34.1 Å². The SMILES string of the molecule is CNC1=Nc2cc(-n3cc([C@@H]4CCCCN4)nn3)c(Cl)cc2C12CCC2. The van der Waals surface area contributed by atoms with Gasteiger partial charge in [-0.05, 0) is 49.9 Å². The number of halogens is 1. The van der Waals surface area contributed by atoms with Crippen molar-refractivity contribution >= 4 is 23.1 Å². The van der Waals surface area contributed by atoms with E-state index < -0.39 is 0 Å². The number of aromatic nitrogens is 3. The van der Waals surface area contributed by atoms with Crippen molar-refractivity contribution in [2.24, 2.45) is 4.99 Å². The van der Waals surface area contributed by atoms with E-state index in [4.69, 9.17) is 16.6 Å². The van der Waals surface area contributed by atoms with Crippen LogP contribution in [0.4, 0.5) is 5.69 Å². The molecule has 1 aromatic carbocycles. The number of amidine groups is 1. The van der Waals surface area contributed by atoms with Crippen molar-refractivity contribution in [1.82, 2.24) is 25.6 Å². The highest BCUT2D eigenvalue weighted by Crippen LogP contribution is 2.53. The number of nitrogens with one attached hydrogen (secondary N) is 2. The van der Waals surface area contributed by atoms with Crippen molar-refractivity contribution in [2.75, 3.05) is 13.6 Å². The van der Waals surface area contributed by atoms with E-state index in [-0.39, 0.29) is 11.5 Å². The van der Waals surface area contributed by atoms with Crippen molar-refractivity contribution in [3.63, 3.8) is 0 Å². The minimum absolute atomic E-state index is 0.0474. The van der Waals surface area contributed by atoms with E-state index in [9.17, 15) is 0 Å². The highest BCUT2D eigenvalue weighted by molar-refractivity contribution is 6.32. The lowest BCUT2D eigenvalue weighted by Crippen LogP contribution is -2.45. The van der Waals surface area contributed by atoms with Gasteiger partial charge in [0.2, 0.25) is 0 Å². The average molecular weight is 371 g/mol. The summed E-state index contributed by atoms with van der Waals surface area (Å²) in [5, 5.41) is 16.2. The van der Waals surface area contributed by atoms with Crippen LogP contribution in [-0.2, 0) is 5.41 Å². The second-order valence-corrected chi connectivity index (χ2v) is 7.96. The summed E-state index contributed by atoms with van der Waals surface area (Å²) in [6.07, 6.45) is 9.07. The molecule has 2 aromatic rings. The highest BCUT2D eigenvalue weighted by Gasteiger charge is 2.48. The monoisotopic (exact) mass is 370 g/mol. The van der Waals surface area contributed by atoms with Crippen LogP contribution in [0.5, 0.6) is 0 Å². The minimum atomic E-state index is 0.0474. The van der Waals surface area contributed by atoms with E-state index in [1.807, 2.05) is 13.2 Å². The van der Waals surface area contributed by atoms with Crippen LogP contribution < -0.4 is 10.6 Å². The molecule has 2 aliphatic heterocycles. The molecule has 3 heterocycles. The summed E-state index contributed by atoms with van der Waals surface area (Å²) < 4.78 is 1.79. The number of fused-ring (bicyclic) bond motifs is 2. The maximum Gasteiger partial charge on any atom is 0.113 e. The van der Waals surface area contributed by atoms with E-state index in [0.717, 1.165) is 48.7 Å². The molecule has 2 N–H and O–H groups in total. The Morgan fingerprint density at radius 3 is 2.85 bits per heavy atom. The van der Waals surface area contributed by atoms with E-state index in [2.05, 4.69) is 33.1 Å². The molecule has 0 unspecified atom stereocenters. The van der Waals surface area contributed by atoms with Crippen LogP contribution in [0.2, 0.25) is 5.02 Å². The maximum absolute atomic E-state index is 6.66. The van der Waals surface area contributed by atoms with E-state index in [1.165, 1.54) is 24.8 Å². The van der Waals surface area contributed by atoms with Gasteiger partial charge in [0.1, 0.15) is 11.5 Å². The fourth-order valence-corrected chi connectivity index (χ4v) is 4.80. The Labute approximate surface area is 158 Å². The summed E-state index contributed by atoms with van der Waals surface area (Å²) in [5.74, 6) is 1.07. The third-order valence-corrected chi connectivity index (χ3v) is 6.44. The Hall–Kier alpha value is -1.92. The zero-order valence-corrected chi connectivity index (χ0v) is 15.7. The van der Waals surface area contributed by atoms with Crippen LogP contribution >= 0.6 is 11.6 Å². The van der Waals surface area contributed by atoms with Gasteiger partial charge < -0.3 is 10.6 Å². The van der Waals surface area contributed by atoms with E-state index in [1.54, 1.807) is 4.68 Å². The van der Waals surface area contributed by atoms with Crippen LogP contribution in [0.3, 0.4) is 0 Å². The van der Waals surface area contributed by atoms with E-state index >= 15 is 0 Å². The minimum Gasteiger partial charge on any atom is -0.376 e. The number of likely N-dealkylation sites (N-methyl/N-ethyl adjacent to an activating group) is 1. The molecule has 6 nitrogen and oxygen atoms in total. The van der Waals surface area contributed by atoms with Gasteiger partial charge in [0.15, 0.2) is 0 Å². The van der Waals surface area contributed by atoms with Crippen molar-refractivity contribution in [1.29, 1.82) is 0 Å². The van der Waals surface area contributed by atoms with Crippen LogP contribution in [0.25, 0.3) is 5.69 Å². The molecule has 1 aliphatic carbocycles. The third kappa shape index (κ3) is 2.32. The molecule has 1 spiro atoms. The summed E-state index contributed by atoms with van der Waals surface area (Å²) in [6.45, 7) is 1.04. The zero-order chi connectivity index (χ0) is 17.7. The molecule has 5 rings (SSSR count). The Kier molecular flexibility index (Phi) is 3.79. The first-order valence-electron chi connectivity index (χ1n) is 9.48. The normalized spacial score (nSPS) is 23.5. The second-order valence-electron chi connectivity index (χ2n) is 7.56. The second kappa shape index (κ2) is 6.06. The molecule has 3 aliphatic rings. The predicted molar refractivity (Wildman–Crippen MR) is 103 cm³/mol. The fraction of sp³-hybridized carbons (Fsp3) is 0.526. The van der Waals surface area contributed by atoms with Gasteiger partial charge in [-0.2, -0.15) is 0 Å². The van der Waals surface area contributed by atoms with Gasteiger partial charge in [-0.25, -0.2) is 9.67 Å². The lowest BCUT2D eigenvalue weighted by molar-refractivity contribution is 0.341. The first-order valence-corrected chi connectivity index (χ1v) is 9.86. The van der Waals surface area contributed by atoms with Gasteiger partial charge in [0, 0.05) is 7.05 Å². The fourth-order valence-electron chi connectivity index (χ4n) is 4.55. The molecule has 26 heavy (non-hydrogen) atoms. The van der Waals surface area contributed by atoms with Crippen molar-refractivity contribution in [3.05, 3.63) is 34.6 Å². The first kappa shape index (κ1) is 16.3. The van der Waals surface area contributed by atoms with Crippen molar-refractivity contribution in [2.45, 2.75) is 50.0 Å². The molecule has 136 valence electrons. The number of aliphatic imine (C=N–C) groups is 1. The standard InChI is InChI=1S/C19H23ClN6/c1-21-18-19(6-4-7-19)12-9-13(20)17(10-15(12)23-18)26-11-16(24-25-26)14-5-2-3-8-22-14/h9-11,14,22H,2-8H2,1H3,(H,21,23)/t14-/m0/s1. The number of hydrogen-bond donors (Lipinski definition) is 2. The molecule has 0 bridgehead atoms. The molecule has 1 saturated carbocycles. The average Bonchev–Trinajstić information content (AvgIpc) is 3.23. The van der Waals surface area contributed by atoms with Crippen LogP contribution in [0.15, 0.2) is 23.3 Å². The Bertz CT molecular complexity index is 876.